The molecular weight excluding hydrogens is 630 g/mol. The summed E-state index contributed by atoms with van der Waals surface area (Å²) < 4.78 is 47.4. The number of nitrogens with zero attached hydrogens (tertiary/aromatic N) is 3. The first-order chi connectivity index (χ1) is 23.3. The number of pyridine rings is 1. The second-order valence-electron chi connectivity index (χ2n) is 11.7. The van der Waals surface area contributed by atoms with E-state index in [2.05, 4.69) is 15.2 Å². The number of hydrogen-bond donors (Lipinski definition) is 2. The average Bonchev–Trinajstić information content (AvgIpc) is 3.50. The van der Waals surface area contributed by atoms with Crippen molar-refractivity contribution in [2.45, 2.75) is 4.90 Å². The number of halogens is 1. The number of rotatable bonds is 9. The fraction of sp³-hybridized carbons (Fsp3) is 0.189. The number of amides is 1. The molecule has 1 amide bonds. The highest BCUT2D eigenvalue weighted by Crippen LogP contribution is 2.41. The van der Waals surface area contributed by atoms with Gasteiger partial charge in [-0.15, -0.1) is 0 Å². The van der Waals surface area contributed by atoms with Crippen LogP contribution in [-0.2, 0) is 14.8 Å². The first-order valence-corrected chi connectivity index (χ1v) is 17.2. The number of carbonyl (C=O) groups is 1. The van der Waals surface area contributed by atoms with Crippen molar-refractivity contribution in [1.29, 1.82) is 0 Å². The van der Waals surface area contributed by atoms with Gasteiger partial charge in [-0.25, -0.2) is 17.8 Å². The Hall–Kier alpha value is -5.10. The van der Waals surface area contributed by atoms with E-state index in [1.54, 1.807) is 6.07 Å². The lowest BCUT2D eigenvalue weighted by Gasteiger charge is -2.26. The lowest BCUT2D eigenvalue weighted by molar-refractivity contribution is 0.0383. The minimum Gasteiger partial charge on any atom is -0.379 e. The third-order valence-electron chi connectivity index (χ3n) is 8.76. The van der Waals surface area contributed by atoms with E-state index in [1.165, 1.54) is 25.2 Å². The first-order valence-electron chi connectivity index (χ1n) is 15.7. The van der Waals surface area contributed by atoms with E-state index in [-0.39, 0.29) is 10.8 Å². The van der Waals surface area contributed by atoms with Crippen LogP contribution in [0.2, 0.25) is 0 Å². The fourth-order valence-corrected chi connectivity index (χ4v) is 7.36. The number of H-pyrrole nitrogens is 1. The zero-order chi connectivity index (χ0) is 33.3. The molecule has 244 valence electrons. The summed E-state index contributed by atoms with van der Waals surface area (Å²) in [5.74, 6) is -0.756. The Morgan fingerprint density at radius 3 is 2.48 bits per heavy atom. The minimum absolute atomic E-state index is 0.131. The molecule has 0 atom stereocenters. The van der Waals surface area contributed by atoms with Crippen LogP contribution in [0, 0.1) is 5.82 Å². The van der Waals surface area contributed by atoms with Crippen LogP contribution in [0.5, 0.6) is 0 Å². The smallest absolute Gasteiger partial charge is 0.264 e. The van der Waals surface area contributed by atoms with Gasteiger partial charge < -0.3 is 15.0 Å². The Bertz CT molecular complexity index is 2220. The highest BCUT2D eigenvalue weighted by molar-refractivity contribution is 7.92. The van der Waals surface area contributed by atoms with Crippen molar-refractivity contribution < 1.29 is 22.3 Å². The Labute approximate surface area is 278 Å². The molecule has 1 fully saturated rings. The molecule has 1 aliphatic heterocycles. The summed E-state index contributed by atoms with van der Waals surface area (Å²) in [5.41, 5.74) is 6.04. The highest BCUT2D eigenvalue weighted by atomic mass is 32.2. The molecular formula is C37H34FN5O4S. The maximum absolute atomic E-state index is 13.9. The molecule has 11 heteroatoms. The van der Waals surface area contributed by atoms with Gasteiger partial charge in [0.1, 0.15) is 11.5 Å². The molecule has 4 aromatic carbocycles. The molecule has 9 nitrogen and oxygen atoms in total. The third kappa shape index (κ3) is 6.15. The number of aromatic nitrogens is 2. The molecule has 1 aliphatic rings. The molecule has 6 aromatic rings. The van der Waals surface area contributed by atoms with Crippen molar-refractivity contribution >= 4 is 43.6 Å². The monoisotopic (exact) mass is 663 g/mol. The SMILES string of the molecule is CN(c1ccc2[nH]c3ncc(-c4ccc(C(=O)NCCN5CCOCC5)cc4)c(-c4ccccc4)c3c2c1)S(=O)(=O)c1cccc(F)c1. The topological polar surface area (TPSA) is 108 Å². The second-order valence-corrected chi connectivity index (χ2v) is 13.7. The Morgan fingerprint density at radius 1 is 0.958 bits per heavy atom. The van der Waals surface area contributed by atoms with Gasteiger partial charge in [-0.1, -0.05) is 48.5 Å². The standard InChI is InChI=1S/C37H34FN5O4S/c1-42(48(45,46)30-9-5-8-28(38)22-30)29-14-15-33-31(23-29)35-34(26-6-3-2-4-7-26)32(24-40-36(35)41-33)25-10-12-27(13-11-25)37(44)39-16-17-43-18-20-47-21-19-43/h2-15,22-24H,16-21H2,1H3,(H,39,44)(H,40,41). The third-order valence-corrected chi connectivity index (χ3v) is 10.5. The summed E-state index contributed by atoms with van der Waals surface area (Å²) in [6.45, 7) is 4.51. The summed E-state index contributed by atoms with van der Waals surface area (Å²) in [6, 6.07) is 27.7. The molecule has 0 radical (unpaired) electrons. The van der Waals surface area contributed by atoms with Crippen LogP contribution in [0.1, 0.15) is 10.4 Å². The number of fused-ring (bicyclic) bond motifs is 3. The Balaban J connectivity index is 1.26. The first kappa shape index (κ1) is 31.5. The molecule has 0 unspecified atom stereocenters. The Kier molecular flexibility index (Phi) is 8.65. The van der Waals surface area contributed by atoms with E-state index in [1.807, 2.05) is 72.9 Å². The summed E-state index contributed by atoms with van der Waals surface area (Å²) in [5, 5.41) is 4.63. The normalized spacial score (nSPS) is 14.0. The molecule has 0 bridgehead atoms. The van der Waals surface area contributed by atoms with Crippen LogP contribution in [0.25, 0.3) is 44.2 Å². The van der Waals surface area contributed by atoms with E-state index in [4.69, 9.17) is 9.72 Å². The van der Waals surface area contributed by atoms with Gasteiger partial charge in [0, 0.05) is 72.4 Å². The van der Waals surface area contributed by atoms with Crippen molar-refractivity contribution in [3.05, 3.63) is 115 Å². The summed E-state index contributed by atoms with van der Waals surface area (Å²) in [6.07, 6.45) is 1.82. The molecule has 7 rings (SSSR count). The molecule has 0 spiro atoms. The molecule has 2 N–H and O–H groups in total. The lowest BCUT2D eigenvalue weighted by Crippen LogP contribution is -2.41. The van der Waals surface area contributed by atoms with E-state index >= 15 is 0 Å². The number of nitrogens with one attached hydrogen (secondary N) is 2. The predicted molar refractivity (Wildman–Crippen MR) is 186 cm³/mol. The number of sulfonamides is 1. The van der Waals surface area contributed by atoms with Gasteiger partial charge in [0.05, 0.1) is 23.8 Å². The number of morpholine rings is 1. The van der Waals surface area contributed by atoms with Gasteiger partial charge in [0.2, 0.25) is 0 Å². The number of carbonyl (C=O) groups excluding carboxylic acids is 1. The van der Waals surface area contributed by atoms with Gasteiger partial charge in [0.15, 0.2) is 0 Å². The minimum atomic E-state index is -4.03. The van der Waals surface area contributed by atoms with E-state index < -0.39 is 15.8 Å². The maximum Gasteiger partial charge on any atom is 0.264 e. The molecule has 0 aliphatic carbocycles. The van der Waals surface area contributed by atoms with Crippen LogP contribution < -0.4 is 9.62 Å². The van der Waals surface area contributed by atoms with Gasteiger partial charge in [-0.2, -0.15) is 0 Å². The number of benzene rings is 4. The van der Waals surface area contributed by atoms with E-state index in [9.17, 15) is 17.6 Å². The second kappa shape index (κ2) is 13.2. The van der Waals surface area contributed by atoms with Gasteiger partial charge in [0.25, 0.3) is 15.9 Å². The van der Waals surface area contributed by atoms with Gasteiger partial charge >= 0.3 is 0 Å². The van der Waals surface area contributed by atoms with Gasteiger partial charge in [-0.05, 0) is 59.7 Å². The van der Waals surface area contributed by atoms with Crippen LogP contribution in [-0.4, -0.2) is 75.6 Å². The Morgan fingerprint density at radius 2 is 1.73 bits per heavy atom. The van der Waals surface area contributed by atoms with Crippen LogP contribution >= 0.6 is 0 Å². The average molecular weight is 664 g/mol. The molecule has 3 heterocycles. The van der Waals surface area contributed by atoms with Crippen LogP contribution in [0.4, 0.5) is 10.1 Å². The zero-order valence-corrected chi connectivity index (χ0v) is 27.1. The van der Waals surface area contributed by atoms with E-state index in [0.717, 1.165) is 81.8 Å². The lowest BCUT2D eigenvalue weighted by atomic mass is 9.92. The van der Waals surface area contributed by atoms with Crippen molar-refractivity contribution in [3.8, 4) is 22.3 Å². The summed E-state index contributed by atoms with van der Waals surface area (Å²) >= 11 is 0. The molecule has 1 saturated heterocycles. The number of anilines is 1. The largest absolute Gasteiger partial charge is 0.379 e. The predicted octanol–water partition coefficient (Wildman–Crippen LogP) is 6.08. The van der Waals surface area contributed by atoms with E-state index in [0.29, 0.717) is 23.4 Å². The van der Waals surface area contributed by atoms with Crippen molar-refractivity contribution in [2.24, 2.45) is 0 Å². The number of aromatic amines is 1. The van der Waals surface area contributed by atoms with Gasteiger partial charge in [-0.3, -0.25) is 14.0 Å². The molecule has 0 saturated carbocycles. The summed E-state index contributed by atoms with van der Waals surface area (Å²) in [4.78, 5) is 23.2. The highest BCUT2D eigenvalue weighted by Gasteiger charge is 2.24. The fourth-order valence-electron chi connectivity index (χ4n) is 6.14. The van der Waals surface area contributed by atoms with Crippen molar-refractivity contribution in [2.75, 3.05) is 50.7 Å². The molecule has 48 heavy (non-hydrogen) atoms. The quantitative estimate of drug-likeness (QED) is 0.194. The zero-order valence-electron chi connectivity index (χ0n) is 26.3. The van der Waals surface area contributed by atoms with Crippen molar-refractivity contribution in [1.82, 2.24) is 20.2 Å². The number of hydrogen-bond acceptors (Lipinski definition) is 6. The number of ether oxygens (including phenoxy) is 1. The molecule has 2 aromatic heterocycles. The van der Waals surface area contributed by atoms with Crippen LogP contribution in [0.3, 0.4) is 0 Å². The van der Waals surface area contributed by atoms with Crippen LogP contribution in [0.15, 0.2) is 108 Å². The summed E-state index contributed by atoms with van der Waals surface area (Å²) in [7, 11) is -2.57. The maximum atomic E-state index is 13.9. The van der Waals surface area contributed by atoms with Crippen molar-refractivity contribution in [3.63, 3.8) is 0 Å².